The lowest BCUT2D eigenvalue weighted by Gasteiger charge is -2.00. The third-order valence-corrected chi connectivity index (χ3v) is 6.14. The minimum absolute atomic E-state index is 0.192. The first-order chi connectivity index (χ1) is 14.4. The van der Waals surface area contributed by atoms with Gasteiger partial charge < -0.3 is 9.47 Å². The Hall–Kier alpha value is -1.33. The fourth-order valence-corrected chi connectivity index (χ4v) is 4.31. The monoisotopic (exact) mass is 413 g/mol. The molecule has 0 aliphatic carbocycles. The van der Waals surface area contributed by atoms with Crippen molar-refractivity contribution in [2.45, 2.75) is 82.3 Å². The van der Waals surface area contributed by atoms with Gasteiger partial charge in [-0.15, -0.1) is 0 Å². The smallest absolute Gasteiger partial charge is 0.149 e. The highest BCUT2D eigenvalue weighted by Crippen LogP contribution is 2.47. The number of fused-ring (bicyclic) bond motifs is 2. The van der Waals surface area contributed by atoms with Gasteiger partial charge in [0.05, 0.1) is 0 Å². The van der Waals surface area contributed by atoms with Crippen LogP contribution in [0.1, 0.15) is 58.3 Å². The zero-order chi connectivity index (χ0) is 20.2. The highest BCUT2D eigenvalue weighted by atomic mass is 32.2. The summed E-state index contributed by atoms with van der Waals surface area (Å²) < 4.78 is 11.2. The molecule has 3 aliphatic rings. The standard InChI is InChI=1S/C25H35NO2S/c1-2-3-4-5-6-7-8-9-10-11-12-13-14-15-16-17-18-19-20-21-22-23(27-22)26-24-25(28-24)29-21/h3-4,6-7,9-10,12-13,15-16,20,22-26H,2,5,8,11,14,17-19H2,1H3. The highest BCUT2D eigenvalue weighted by Gasteiger charge is 2.54. The Morgan fingerprint density at radius 2 is 1.38 bits per heavy atom. The number of unbranched alkanes of at least 4 members (excludes halogenated alkanes) is 2. The van der Waals surface area contributed by atoms with Gasteiger partial charge in [-0.1, -0.05) is 85.5 Å². The Balaban J connectivity index is 1.15. The first-order valence-corrected chi connectivity index (χ1v) is 11.9. The Bertz CT molecular complexity index is 662. The topological polar surface area (TPSA) is 37.1 Å². The number of ether oxygens (including phenoxy) is 2. The molecule has 3 nitrogen and oxygen atoms in total. The third-order valence-electron chi connectivity index (χ3n) is 4.88. The van der Waals surface area contributed by atoms with Gasteiger partial charge in [0, 0.05) is 4.91 Å². The minimum Gasteiger partial charge on any atom is -0.347 e. The molecule has 1 N–H and O–H groups in total. The van der Waals surface area contributed by atoms with Crippen molar-refractivity contribution in [3.05, 3.63) is 71.7 Å². The van der Waals surface area contributed by atoms with Crippen LogP contribution in [-0.2, 0) is 9.47 Å². The molecule has 3 fully saturated rings. The SMILES string of the molecule is CCC=CCC=CCC=CCC=CCC=CCCCC=C1SC2OC2NC2OC12. The summed E-state index contributed by atoms with van der Waals surface area (Å²) in [7, 11) is 0. The molecule has 4 unspecified atom stereocenters. The van der Waals surface area contributed by atoms with E-state index in [0.29, 0.717) is 5.44 Å². The Labute approximate surface area is 180 Å². The van der Waals surface area contributed by atoms with Gasteiger partial charge in [-0.2, -0.15) is 0 Å². The van der Waals surface area contributed by atoms with Crippen molar-refractivity contribution in [1.82, 2.24) is 5.32 Å². The van der Waals surface area contributed by atoms with Crippen molar-refractivity contribution in [3.8, 4) is 0 Å². The van der Waals surface area contributed by atoms with Crippen LogP contribution in [0.2, 0.25) is 0 Å². The predicted octanol–water partition coefficient (Wildman–Crippen LogP) is 6.54. The first-order valence-electron chi connectivity index (χ1n) is 11.1. The van der Waals surface area contributed by atoms with E-state index in [0.717, 1.165) is 44.9 Å². The van der Waals surface area contributed by atoms with Crippen LogP contribution in [0.4, 0.5) is 0 Å². The van der Waals surface area contributed by atoms with Crippen LogP contribution in [-0.4, -0.2) is 24.0 Å². The number of nitrogens with one attached hydrogen (secondary N) is 1. The molecule has 0 aromatic carbocycles. The van der Waals surface area contributed by atoms with E-state index in [2.05, 4.69) is 79.1 Å². The summed E-state index contributed by atoms with van der Waals surface area (Å²) >= 11 is 1.83. The molecule has 3 saturated heterocycles. The average molecular weight is 414 g/mol. The molecule has 29 heavy (non-hydrogen) atoms. The molecule has 0 aromatic rings. The van der Waals surface area contributed by atoms with Gasteiger partial charge in [0.15, 0.2) is 0 Å². The molecule has 0 radical (unpaired) electrons. The minimum atomic E-state index is 0.192. The van der Waals surface area contributed by atoms with Crippen molar-refractivity contribution in [3.63, 3.8) is 0 Å². The van der Waals surface area contributed by atoms with Crippen molar-refractivity contribution in [2.75, 3.05) is 0 Å². The molecule has 3 rings (SSSR count). The average Bonchev–Trinajstić information content (AvgIpc) is 3.63. The van der Waals surface area contributed by atoms with E-state index in [9.17, 15) is 0 Å². The Morgan fingerprint density at radius 1 is 0.759 bits per heavy atom. The van der Waals surface area contributed by atoms with Crippen LogP contribution in [0, 0.1) is 0 Å². The zero-order valence-corrected chi connectivity index (χ0v) is 18.4. The molecule has 0 spiro atoms. The lowest BCUT2D eigenvalue weighted by atomic mass is 10.2. The maximum absolute atomic E-state index is 5.64. The fourth-order valence-electron chi connectivity index (χ4n) is 3.14. The van der Waals surface area contributed by atoms with Gasteiger partial charge in [-0.3, -0.25) is 5.32 Å². The fraction of sp³-hybridized carbons (Fsp3) is 0.520. The molecule has 0 saturated carbocycles. The van der Waals surface area contributed by atoms with E-state index in [1.54, 1.807) is 0 Å². The molecule has 0 bridgehead atoms. The summed E-state index contributed by atoms with van der Waals surface area (Å²) in [5.41, 5.74) is 0.309. The number of epoxide rings is 2. The number of allylic oxidation sites excluding steroid dienone is 11. The molecule has 0 amide bonds. The summed E-state index contributed by atoms with van der Waals surface area (Å²) in [4.78, 5) is 1.36. The van der Waals surface area contributed by atoms with Crippen molar-refractivity contribution in [1.29, 1.82) is 0 Å². The summed E-state index contributed by atoms with van der Waals surface area (Å²) in [6.07, 6.45) is 34.2. The van der Waals surface area contributed by atoms with E-state index < -0.39 is 0 Å². The van der Waals surface area contributed by atoms with Crippen molar-refractivity contribution < 1.29 is 9.47 Å². The van der Waals surface area contributed by atoms with E-state index in [4.69, 9.17) is 9.47 Å². The van der Waals surface area contributed by atoms with Crippen molar-refractivity contribution in [2.24, 2.45) is 0 Å². The molecule has 0 aromatic heterocycles. The second-order valence-corrected chi connectivity index (χ2v) is 8.60. The number of hydrogen-bond acceptors (Lipinski definition) is 4. The Kier molecular flexibility index (Phi) is 10.1. The predicted molar refractivity (Wildman–Crippen MR) is 124 cm³/mol. The second kappa shape index (κ2) is 13.1. The number of hydrogen-bond donors (Lipinski definition) is 1. The highest BCUT2D eigenvalue weighted by molar-refractivity contribution is 8.03. The summed E-state index contributed by atoms with van der Waals surface area (Å²) in [5.74, 6) is 0. The lowest BCUT2D eigenvalue weighted by molar-refractivity contribution is 0.303. The maximum atomic E-state index is 5.64. The van der Waals surface area contributed by atoms with Crippen LogP contribution in [0.15, 0.2) is 71.7 Å². The largest absolute Gasteiger partial charge is 0.347 e. The zero-order valence-electron chi connectivity index (χ0n) is 17.5. The molecule has 4 atom stereocenters. The van der Waals surface area contributed by atoms with Gasteiger partial charge in [0.2, 0.25) is 0 Å². The molecule has 158 valence electrons. The van der Waals surface area contributed by atoms with Gasteiger partial charge in [-0.25, -0.2) is 0 Å². The van der Waals surface area contributed by atoms with E-state index in [-0.39, 0.29) is 18.6 Å². The van der Waals surface area contributed by atoms with E-state index >= 15 is 0 Å². The van der Waals surface area contributed by atoms with Gasteiger partial charge in [0.25, 0.3) is 0 Å². The molecule has 4 heteroatoms. The Morgan fingerprint density at radius 3 is 2.03 bits per heavy atom. The van der Waals surface area contributed by atoms with Gasteiger partial charge in [0.1, 0.15) is 24.0 Å². The van der Waals surface area contributed by atoms with Gasteiger partial charge in [-0.05, 0) is 51.4 Å². The summed E-state index contributed by atoms with van der Waals surface area (Å²) in [6, 6.07) is 0. The lowest BCUT2D eigenvalue weighted by Crippen LogP contribution is -2.22. The normalized spacial score (nSPS) is 30.2. The summed E-state index contributed by atoms with van der Waals surface area (Å²) in [5, 5.41) is 3.35. The molecule has 3 aliphatic heterocycles. The molecular formula is C25H35NO2S. The quantitative estimate of drug-likeness (QED) is 0.211. The van der Waals surface area contributed by atoms with Crippen LogP contribution in [0.3, 0.4) is 0 Å². The molecular weight excluding hydrogens is 378 g/mol. The maximum Gasteiger partial charge on any atom is 0.149 e. The number of rotatable bonds is 13. The summed E-state index contributed by atoms with van der Waals surface area (Å²) in [6.45, 7) is 2.16. The van der Waals surface area contributed by atoms with E-state index in [1.165, 1.54) is 11.3 Å². The van der Waals surface area contributed by atoms with Crippen LogP contribution in [0.5, 0.6) is 0 Å². The number of thioether (sulfide) groups is 1. The molecule has 3 heterocycles. The first kappa shape index (κ1) is 22.4. The van der Waals surface area contributed by atoms with Crippen molar-refractivity contribution >= 4 is 11.8 Å². The second-order valence-electron chi connectivity index (χ2n) is 7.43. The third kappa shape index (κ3) is 8.91. The van der Waals surface area contributed by atoms with Crippen LogP contribution in [0.25, 0.3) is 0 Å². The van der Waals surface area contributed by atoms with Crippen LogP contribution < -0.4 is 5.32 Å². The van der Waals surface area contributed by atoms with Gasteiger partial charge >= 0.3 is 0 Å². The van der Waals surface area contributed by atoms with E-state index in [1.807, 2.05) is 11.8 Å². The van der Waals surface area contributed by atoms with Crippen LogP contribution >= 0.6 is 11.8 Å².